The number of benzene rings is 1. The van der Waals surface area contributed by atoms with Gasteiger partial charge in [-0.05, 0) is 32.2 Å². The van der Waals surface area contributed by atoms with Crippen LogP contribution in [-0.2, 0) is 13.1 Å². The molecule has 0 amide bonds. The first-order chi connectivity index (χ1) is 7.27. The summed E-state index contributed by atoms with van der Waals surface area (Å²) in [5.41, 5.74) is 2.10. The van der Waals surface area contributed by atoms with Crippen LogP contribution in [0.25, 0.3) is 10.9 Å². The topological polar surface area (TPSA) is 17.0 Å². The van der Waals surface area contributed by atoms with Crippen molar-refractivity contribution in [1.29, 1.82) is 0 Å². The van der Waals surface area contributed by atoms with Crippen LogP contribution in [0.2, 0.25) is 0 Å². The van der Waals surface area contributed by atoms with Crippen LogP contribution in [0.4, 0.5) is 4.39 Å². The zero-order valence-corrected chi connectivity index (χ0v) is 9.05. The van der Waals surface area contributed by atoms with E-state index in [1.165, 1.54) is 6.07 Å². The molecule has 2 aromatic rings. The number of hydrogen-bond acceptors (Lipinski definition) is 1. The molecule has 0 aliphatic heterocycles. The van der Waals surface area contributed by atoms with Gasteiger partial charge in [-0.3, -0.25) is 0 Å². The van der Waals surface area contributed by atoms with E-state index in [1.54, 1.807) is 6.07 Å². The van der Waals surface area contributed by atoms with E-state index in [4.69, 9.17) is 0 Å². The minimum Gasteiger partial charge on any atom is -0.344 e. The normalized spacial score (nSPS) is 11.1. The number of aryl methyl sites for hydroxylation is 1. The number of nitrogens with one attached hydrogen (secondary N) is 1. The monoisotopic (exact) mass is 206 g/mol. The first-order valence-electron chi connectivity index (χ1n) is 5.19. The summed E-state index contributed by atoms with van der Waals surface area (Å²) < 4.78 is 15.7. The molecular weight excluding hydrogens is 191 g/mol. The van der Waals surface area contributed by atoms with Crippen LogP contribution >= 0.6 is 0 Å². The Hall–Kier alpha value is -1.35. The number of halogens is 1. The number of nitrogens with zero attached hydrogens (tertiary/aromatic N) is 1. The van der Waals surface area contributed by atoms with Crippen molar-refractivity contribution in [3.05, 3.63) is 35.8 Å². The number of hydrogen-bond donors (Lipinski definition) is 1. The molecule has 1 aromatic heterocycles. The van der Waals surface area contributed by atoms with Gasteiger partial charge in [0.25, 0.3) is 0 Å². The Balaban J connectivity index is 2.67. The molecule has 0 atom stereocenters. The van der Waals surface area contributed by atoms with E-state index in [1.807, 2.05) is 19.2 Å². The average Bonchev–Trinajstić information content (AvgIpc) is 2.58. The van der Waals surface area contributed by atoms with Crippen LogP contribution in [0.1, 0.15) is 12.6 Å². The van der Waals surface area contributed by atoms with E-state index >= 15 is 0 Å². The third-order valence-corrected chi connectivity index (χ3v) is 2.65. The van der Waals surface area contributed by atoms with Gasteiger partial charge in [-0.2, -0.15) is 0 Å². The highest BCUT2D eigenvalue weighted by atomic mass is 19.1. The summed E-state index contributed by atoms with van der Waals surface area (Å²) in [6, 6.07) is 7.14. The van der Waals surface area contributed by atoms with E-state index in [2.05, 4.69) is 16.8 Å². The van der Waals surface area contributed by atoms with Gasteiger partial charge in [0, 0.05) is 24.2 Å². The van der Waals surface area contributed by atoms with E-state index in [9.17, 15) is 4.39 Å². The molecule has 0 unspecified atom stereocenters. The molecule has 0 bridgehead atoms. The second-order valence-corrected chi connectivity index (χ2v) is 3.58. The van der Waals surface area contributed by atoms with Crippen LogP contribution < -0.4 is 5.32 Å². The van der Waals surface area contributed by atoms with Crippen LogP contribution in [0, 0.1) is 5.82 Å². The number of fused-ring (bicyclic) bond motifs is 1. The summed E-state index contributed by atoms with van der Waals surface area (Å²) in [6.45, 7) is 3.70. The van der Waals surface area contributed by atoms with Gasteiger partial charge < -0.3 is 9.88 Å². The van der Waals surface area contributed by atoms with E-state index in [0.717, 1.165) is 24.3 Å². The lowest BCUT2D eigenvalue weighted by Crippen LogP contribution is -2.10. The third-order valence-electron chi connectivity index (χ3n) is 2.65. The quantitative estimate of drug-likeness (QED) is 0.816. The first-order valence-corrected chi connectivity index (χ1v) is 5.19. The van der Waals surface area contributed by atoms with Gasteiger partial charge in [0.15, 0.2) is 0 Å². The molecule has 0 saturated carbocycles. The largest absolute Gasteiger partial charge is 0.344 e. The molecule has 1 heterocycles. The van der Waals surface area contributed by atoms with Crippen molar-refractivity contribution >= 4 is 10.9 Å². The van der Waals surface area contributed by atoms with Gasteiger partial charge in [-0.15, -0.1) is 0 Å². The van der Waals surface area contributed by atoms with E-state index in [-0.39, 0.29) is 5.82 Å². The molecule has 1 N–H and O–H groups in total. The molecule has 80 valence electrons. The predicted octanol–water partition coefficient (Wildman–Crippen LogP) is 2.52. The molecule has 1 aromatic carbocycles. The lowest BCUT2D eigenvalue weighted by atomic mass is 10.2. The summed E-state index contributed by atoms with van der Waals surface area (Å²) in [5.74, 6) is -0.142. The van der Waals surface area contributed by atoms with Crippen molar-refractivity contribution in [2.45, 2.75) is 20.0 Å². The Kier molecular flexibility index (Phi) is 2.73. The van der Waals surface area contributed by atoms with Crippen molar-refractivity contribution < 1.29 is 4.39 Å². The highest BCUT2D eigenvalue weighted by Gasteiger charge is 2.09. The minimum absolute atomic E-state index is 0.142. The average molecular weight is 206 g/mol. The van der Waals surface area contributed by atoms with E-state index < -0.39 is 0 Å². The summed E-state index contributed by atoms with van der Waals surface area (Å²) in [4.78, 5) is 0. The third kappa shape index (κ3) is 1.63. The minimum atomic E-state index is -0.142. The molecule has 0 fully saturated rings. The van der Waals surface area contributed by atoms with Crippen molar-refractivity contribution in [1.82, 2.24) is 9.88 Å². The fraction of sp³-hybridized carbons (Fsp3) is 0.333. The van der Waals surface area contributed by atoms with Gasteiger partial charge in [-0.1, -0.05) is 6.07 Å². The Morgan fingerprint density at radius 1 is 1.40 bits per heavy atom. The Morgan fingerprint density at radius 3 is 2.87 bits per heavy atom. The molecule has 0 radical (unpaired) electrons. The zero-order chi connectivity index (χ0) is 10.8. The predicted molar refractivity (Wildman–Crippen MR) is 60.3 cm³/mol. The Morgan fingerprint density at radius 2 is 2.20 bits per heavy atom. The second kappa shape index (κ2) is 4.03. The summed E-state index contributed by atoms with van der Waals surface area (Å²) >= 11 is 0. The van der Waals surface area contributed by atoms with Crippen LogP contribution in [-0.4, -0.2) is 11.6 Å². The molecule has 0 aliphatic rings. The summed E-state index contributed by atoms with van der Waals surface area (Å²) in [5, 5.41) is 3.81. The standard InChI is InChI=1S/C12H15FN2/c1-3-15-9(8-14-2)7-10-11(13)5-4-6-12(10)15/h4-7,14H,3,8H2,1-2H3. The smallest absolute Gasteiger partial charge is 0.132 e. The summed E-state index contributed by atoms with van der Waals surface area (Å²) in [7, 11) is 1.90. The molecule has 2 nitrogen and oxygen atoms in total. The second-order valence-electron chi connectivity index (χ2n) is 3.58. The number of aromatic nitrogens is 1. The van der Waals surface area contributed by atoms with Crippen molar-refractivity contribution in [2.24, 2.45) is 0 Å². The fourth-order valence-corrected chi connectivity index (χ4v) is 2.00. The lowest BCUT2D eigenvalue weighted by Gasteiger charge is -2.06. The maximum Gasteiger partial charge on any atom is 0.132 e. The highest BCUT2D eigenvalue weighted by molar-refractivity contribution is 5.82. The summed E-state index contributed by atoms with van der Waals surface area (Å²) in [6.07, 6.45) is 0. The molecule has 0 aliphatic carbocycles. The first kappa shape index (κ1) is 10.2. The maximum atomic E-state index is 13.5. The SMILES string of the molecule is CCn1c(CNC)cc2c(F)cccc21. The molecule has 15 heavy (non-hydrogen) atoms. The van der Waals surface area contributed by atoms with Crippen molar-refractivity contribution in [2.75, 3.05) is 7.05 Å². The molecule has 2 rings (SSSR count). The van der Waals surface area contributed by atoms with Gasteiger partial charge >= 0.3 is 0 Å². The van der Waals surface area contributed by atoms with E-state index in [0.29, 0.717) is 5.39 Å². The van der Waals surface area contributed by atoms with Crippen molar-refractivity contribution in [3.63, 3.8) is 0 Å². The molecular formula is C12H15FN2. The Labute approximate surface area is 88.7 Å². The van der Waals surface area contributed by atoms with Gasteiger partial charge in [-0.25, -0.2) is 4.39 Å². The zero-order valence-electron chi connectivity index (χ0n) is 9.05. The molecule has 0 saturated heterocycles. The number of rotatable bonds is 3. The Bertz CT molecular complexity index is 474. The van der Waals surface area contributed by atoms with Crippen LogP contribution in [0.3, 0.4) is 0 Å². The van der Waals surface area contributed by atoms with Gasteiger partial charge in [0.1, 0.15) is 5.82 Å². The molecule has 0 spiro atoms. The van der Waals surface area contributed by atoms with Crippen LogP contribution in [0.15, 0.2) is 24.3 Å². The lowest BCUT2D eigenvalue weighted by molar-refractivity contribution is 0.639. The maximum absolute atomic E-state index is 13.5. The van der Waals surface area contributed by atoms with Gasteiger partial charge in [0.2, 0.25) is 0 Å². The fourth-order valence-electron chi connectivity index (χ4n) is 2.00. The highest BCUT2D eigenvalue weighted by Crippen LogP contribution is 2.22. The van der Waals surface area contributed by atoms with Crippen LogP contribution in [0.5, 0.6) is 0 Å². The van der Waals surface area contributed by atoms with Crippen molar-refractivity contribution in [3.8, 4) is 0 Å². The molecule has 3 heteroatoms. The van der Waals surface area contributed by atoms with Gasteiger partial charge in [0.05, 0.1) is 5.52 Å².